The van der Waals surface area contributed by atoms with Gasteiger partial charge in [0.1, 0.15) is 13.2 Å². The van der Waals surface area contributed by atoms with E-state index in [9.17, 15) is 14.4 Å². The van der Waals surface area contributed by atoms with E-state index in [0.717, 1.165) is 128 Å². The van der Waals surface area contributed by atoms with Crippen molar-refractivity contribution in [3.05, 3.63) is 134 Å². The minimum atomic E-state index is -0.808. The second kappa shape index (κ2) is 66.1. The van der Waals surface area contributed by atoms with E-state index in [-0.39, 0.29) is 37.5 Å². The molecule has 1 atom stereocenters. The average Bonchev–Trinajstić information content (AvgIpc) is 3.45. The van der Waals surface area contributed by atoms with Gasteiger partial charge in [-0.1, -0.05) is 276 Å². The molecule has 6 nitrogen and oxygen atoms in total. The Morgan fingerprint density at radius 1 is 0.266 bits per heavy atom. The molecule has 0 aliphatic carbocycles. The predicted molar refractivity (Wildman–Crippen MR) is 343 cm³/mol. The van der Waals surface area contributed by atoms with Crippen LogP contribution in [0.3, 0.4) is 0 Å². The number of carbonyl (C=O) groups is 3. The third-order valence-electron chi connectivity index (χ3n) is 13.6. The van der Waals surface area contributed by atoms with Crippen molar-refractivity contribution in [3.63, 3.8) is 0 Å². The molecule has 448 valence electrons. The van der Waals surface area contributed by atoms with Crippen LogP contribution in [0.5, 0.6) is 0 Å². The van der Waals surface area contributed by atoms with Crippen LogP contribution in [0.15, 0.2) is 134 Å². The first-order valence-corrected chi connectivity index (χ1v) is 32.7. The van der Waals surface area contributed by atoms with Gasteiger partial charge in [-0.3, -0.25) is 14.4 Å². The van der Waals surface area contributed by atoms with Crippen molar-refractivity contribution in [2.75, 3.05) is 13.2 Å². The monoisotopic (exact) mass is 1090 g/mol. The number of unbranched alkanes of at least 4 members (excludes halogenated alkanes) is 25. The summed E-state index contributed by atoms with van der Waals surface area (Å²) in [6, 6.07) is 0. The van der Waals surface area contributed by atoms with Crippen LogP contribution in [0.2, 0.25) is 0 Å². The van der Waals surface area contributed by atoms with E-state index < -0.39 is 6.10 Å². The van der Waals surface area contributed by atoms with Crippen LogP contribution < -0.4 is 0 Å². The van der Waals surface area contributed by atoms with Gasteiger partial charge in [0.25, 0.3) is 0 Å². The van der Waals surface area contributed by atoms with Crippen molar-refractivity contribution in [2.24, 2.45) is 0 Å². The highest BCUT2D eigenvalue weighted by Crippen LogP contribution is 2.16. The highest BCUT2D eigenvalue weighted by atomic mass is 16.6. The summed E-state index contributed by atoms with van der Waals surface area (Å²) in [4.78, 5) is 38.3. The van der Waals surface area contributed by atoms with Gasteiger partial charge in [0.15, 0.2) is 6.10 Å². The molecule has 0 saturated carbocycles. The quantitative estimate of drug-likeness (QED) is 0.0261. The Kier molecular flexibility index (Phi) is 62.3. The van der Waals surface area contributed by atoms with E-state index in [1.54, 1.807) is 0 Å². The van der Waals surface area contributed by atoms with Crippen LogP contribution in [-0.4, -0.2) is 37.2 Å². The molecular formula is C73H120O6. The van der Waals surface area contributed by atoms with Gasteiger partial charge >= 0.3 is 17.9 Å². The number of hydrogen-bond donors (Lipinski definition) is 0. The smallest absolute Gasteiger partial charge is 0.306 e. The number of ether oxygens (including phenoxy) is 3. The lowest BCUT2D eigenvalue weighted by Gasteiger charge is -2.18. The van der Waals surface area contributed by atoms with Gasteiger partial charge in [0.2, 0.25) is 0 Å². The van der Waals surface area contributed by atoms with Crippen LogP contribution >= 0.6 is 0 Å². The van der Waals surface area contributed by atoms with Gasteiger partial charge in [-0.25, -0.2) is 0 Å². The summed E-state index contributed by atoms with van der Waals surface area (Å²) in [7, 11) is 0. The largest absolute Gasteiger partial charge is 0.462 e. The number of esters is 3. The summed E-state index contributed by atoms with van der Waals surface area (Å²) in [5, 5.41) is 0. The number of carbonyl (C=O) groups excluding carboxylic acids is 3. The van der Waals surface area contributed by atoms with Crippen molar-refractivity contribution in [2.45, 2.75) is 297 Å². The van der Waals surface area contributed by atoms with Gasteiger partial charge in [0, 0.05) is 19.3 Å². The van der Waals surface area contributed by atoms with Crippen molar-refractivity contribution in [3.8, 4) is 0 Å². The Morgan fingerprint density at radius 3 is 0.810 bits per heavy atom. The summed E-state index contributed by atoms with van der Waals surface area (Å²) in [6.07, 6.45) is 93.3. The molecule has 0 aliphatic heterocycles. The molecule has 0 aromatic carbocycles. The molecule has 6 heteroatoms. The van der Waals surface area contributed by atoms with E-state index in [1.165, 1.54) is 116 Å². The summed E-state index contributed by atoms with van der Waals surface area (Å²) >= 11 is 0. The summed E-state index contributed by atoms with van der Waals surface area (Å²) in [6.45, 7) is 6.34. The predicted octanol–water partition coefficient (Wildman–Crippen LogP) is 22.5. The van der Waals surface area contributed by atoms with Crippen molar-refractivity contribution >= 4 is 17.9 Å². The van der Waals surface area contributed by atoms with E-state index in [0.29, 0.717) is 19.3 Å². The normalized spacial score (nSPS) is 13.0. The van der Waals surface area contributed by atoms with Crippen LogP contribution in [0.4, 0.5) is 0 Å². The number of allylic oxidation sites excluding steroid dienone is 22. The van der Waals surface area contributed by atoms with Gasteiger partial charge in [-0.05, 0) is 128 Å². The lowest BCUT2D eigenvalue weighted by Crippen LogP contribution is -2.30. The minimum Gasteiger partial charge on any atom is -0.462 e. The lowest BCUT2D eigenvalue weighted by molar-refractivity contribution is -0.167. The first-order valence-electron chi connectivity index (χ1n) is 32.7. The van der Waals surface area contributed by atoms with Gasteiger partial charge in [-0.2, -0.15) is 0 Å². The van der Waals surface area contributed by atoms with Crippen molar-refractivity contribution in [1.82, 2.24) is 0 Å². The van der Waals surface area contributed by atoms with Gasteiger partial charge < -0.3 is 14.2 Å². The highest BCUT2D eigenvalue weighted by molar-refractivity contribution is 5.71. The van der Waals surface area contributed by atoms with E-state index in [2.05, 4.69) is 154 Å². The highest BCUT2D eigenvalue weighted by Gasteiger charge is 2.19. The standard InChI is InChI=1S/C73H120O6/c1-4-7-10-13-16-19-22-24-26-28-30-32-33-34-35-36-37-38-39-41-42-44-46-48-51-54-57-60-63-66-72(75)78-69-70(68-77-71(74)65-62-59-56-53-50-21-18-15-12-9-6-3)79-73(76)67-64-61-58-55-52-49-47-45-43-40-31-29-27-25-23-20-17-14-11-8-5-2/h7-8,10-11,15-20,24-27,30-32,40,45,47,52,55,70H,4-6,9,12-14,21-23,28-29,33-39,41-44,46,48-51,53-54,56-69H2,1-3H3/b10-7-,11-8-,18-15-,19-16-,20-17-,26-24-,27-25-,32-30-,40-31-,47-45-,55-52-. The zero-order valence-corrected chi connectivity index (χ0v) is 51.3. The zero-order valence-electron chi connectivity index (χ0n) is 51.3. The molecule has 0 heterocycles. The summed E-state index contributed by atoms with van der Waals surface area (Å²) in [5.41, 5.74) is 0. The molecule has 0 aromatic rings. The maximum Gasteiger partial charge on any atom is 0.306 e. The minimum absolute atomic E-state index is 0.100. The van der Waals surface area contributed by atoms with E-state index in [4.69, 9.17) is 14.2 Å². The molecule has 0 N–H and O–H groups in total. The number of rotatable bonds is 58. The van der Waals surface area contributed by atoms with Gasteiger partial charge in [0.05, 0.1) is 0 Å². The molecule has 0 saturated heterocycles. The topological polar surface area (TPSA) is 78.9 Å². The maximum absolute atomic E-state index is 12.9. The van der Waals surface area contributed by atoms with Gasteiger partial charge in [-0.15, -0.1) is 0 Å². The lowest BCUT2D eigenvalue weighted by atomic mass is 10.0. The van der Waals surface area contributed by atoms with Crippen molar-refractivity contribution < 1.29 is 28.6 Å². The maximum atomic E-state index is 12.9. The first-order chi connectivity index (χ1) is 39.0. The molecule has 79 heavy (non-hydrogen) atoms. The van der Waals surface area contributed by atoms with E-state index in [1.807, 2.05) is 0 Å². The Bertz CT molecular complexity index is 1680. The fourth-order valence-electron chi connectivity index (χ4n) is 8.77. The van der Waals surface area contributed by atoms with Crippen LogP contribution in [0, 0.1) is 0 Å². The second-order valence-electron chi connectivity index (χ2n) is 21.3. The molecule has 0 spiro atoms. The SMILES string of the molecule is CC/C=C\C/C=C\C/C=C\C/C=C\C/C=C\C/C=C\CCCCC(=O)OC(COC(=O)CCCCCCC/C=C\CCCC)COC(=O)CCCCCCCCCCCCCCCCCC/C=C\C/C=C\C/C=C\C/C=C\CC. The van der Waals surface area contributed by atoms with E-state index >= 15 is 0 Å². The molecule has 0 amide bonds. The average molecular weight is 1090 g/mol. The molecular weight excluding hydrogens is 973 g/mol. The molecule has 0 aliphatic rings. The third kappa shape index (κ3) is 64.3. The molecule has 0 bridgehead atoms. The molecule has 1 unspecified atom stereocenters. The molecule has 0 aromatic heterocycles. The molecule has 0 radical (unpaired) electrons. The second-order valence-corrected chi connectivity index (χ2v) is 21.3. The van der Waals surface area contributed by atoms with Crippen LogP contribution in [0.25, 0.3) is 0 Å². The molecule has 0 rings (SSSR count). The van der Waals surface area contributed by atoms with Crippen molar-refractivity contribution in [1.29, 1.82) is 0 Å². The Morgan fingerprint density at radius 2 is 0.494 bits per heavy atom. The fourth-order valence-corrected chi connectivity index (χ4v) is 8.77. The summed E-state index contributed by atoms with van der Waals surface area (Å²) < 4.78 is 16.9. The van der Waals surface area contributed by atoms with Crippen LogP contribution in [0.1, 0.15) is 290 Å². The Labute approximate surface area is 487 Å². The molecule has 0 fully saturated rings. The van der Waals surface area contributed by atoms with Crippen LogP contribution in [-0.2, 0) is 28.6 Å². The summed E-state index contributed by atoms with van der Waals surface area (Å²) in [5.74, 6) is -0.951. The third-order valence-corrected chi connectivity index (χ3v) is 13.6. The Balaban J connectivity index is 4.30. The fraction of sp³-hybridized carbons (Fsp3) is 0.658. The zero-order chi connectivity index (χ0) is 57.1. The Hall–Kier alpha value is -4.45. The number of hydrogen-bond acceptors (Lipinski definition) is 6. The first kappa shape index (κ1) is 74.5.